The van der Waals surface area contributed by atoms with Gasteiger partial charge in [-0.3, -0.25) is 0 Å². The predicted octanol–water partition coefficient (Wildman–Crippen LogP) is 0.905. The highest BCUT2D eigenvalue weighted by atomic mass is 16.6. The standard InChI is InChI=1S/C14H22N4O2/c1-10-5-6-16-13(17-10)18-8-7-15-9-11(18)12(19)20-14(2,3)4/h5-6,11,15H,7-9H2,1-4H3. The van der Waals surface area contributed by atoms with E-state index in [1.54, 1.807) is 6.20 Å². The second kappa shape index (κ2) is 5.75. The highest BCUT2D eigenvalue weighted by Gasteiger charge is 2.33. The minimum absolute atomic E-state index is 0.241. The normalized spacial score (nSPS) is 19.8. The number of aromatic nitrogens is 2. The van der Waals surface area contributed by atoms with Gasteiger partial charge in [0.25, 0.3) is 0 Å². The SMILES string of the molecule is Cc1ccnc(N2CCNCC2C(=O)OC(C)(C)C)n1. The number of ether oxygens (including phenoxy) is 1. The Kier molecular flexibility index (Phi) is 4.23. The molecule has 1 fully saturated rings. The molecule has 0 bridgehead atoms. The van der Waals surface area contributed by atoms with Crippen LogP contribution in [-0.4, -0.2) is 47.2 Å². The number of aryl methyl sites for hydroxylation is 1. The van der Waals surface area contributed by atoms with Crippen LogP contribution < -0.4 is 10.2 Å². The maximum Gasteiger partial charge on any atom is 0.330 e. The number of rotatable bonds is 2. The van der Waals surface area contributed by atoms with Crippen LogP contribution >= 0.6 is 0 Å². The first-order valence-electron chi connectivity index (χ1n) is 6.87. The van der Waals surface area contributed by atoms with Crippen molar-refractivity contribution < 1.29 is 9.53 Å². The number of esters is 1. The van der Waals surface area contributed by atoms with Crippen LogP contribution in [0.5, 0.6) is 0 Å². The van der Waals surface area contributed by atoms with Gasteiger partial charge in [0.1, 0.15) is 11.6 Å². The van der Waals surface area contributed by atoms with Gasteiger partial charge in [-0.1, -0.05) is 0 Å². The fraction of sp³-hybridized carbons (Fsp3) is 0.643. The molecule has 1 aromatic rings. The molecule has 6 nitrogen and oxygen atoms in total. The average Bonchev–Trinajstić information content (AvgIpc) is 2.37. The Bertz CT molecular complexity index is 484. The Morgan fingerprint density at radius 3 is 2.90 bits per heavy atom. The summed E-state index contributed by atoms with van der Waals surface area (Å²) in [5.74, 6) is 0.345. The number of hydrogen-bond donors (Lipinski definition) is 1. The van der Waals surface area contributed by atoms with Gasteiger partial charge in [-0.2, -0.15) is 0 Å². The van der Waals surface area contributed by atoms with Crippen molar-refractivity contribution in [1.82, 2.24) is 15.3 Å². The first kappa shape index (κ1) is 14.7. The molecule has 0 aliphatic carbocycles. The maximum atomic E-state index is 12.3. The Balaban J connectivity index is 2.19. The van der Waals surface area contributed by atoms with Crippen molar-refractivity contribution in [2.75, 3.05) is 24.5 Å². The van der Waals surface area contributed by atoms with Crippen LogP contribution in [-0.2, 0) is 9.53 Å². The monoisotopic (exact) mass is 278 g/mol. The second-order valence-corrected chi connectivity index (χ2v) is 5.94. The van der Waals surface area contributed by atoms with Gasteiger partial charge in [-0.05, 0) is 33.8 Å². The van der Waals surface area contributed by atoms with E-state index in [4.69, 9.17) is 4.74 Å². The molecule has 2 rings (SSSR count). The van der Waals surface area contributed by atoms with Crippen LogP contribution in [0.2, 0.25) is 0 Å². The summed E-state index contributed by atoms with van der Waals surface area (Å²) in [6.45, 7) is 9.56. The minimum Gasteiger partial charge on any atom is -0.458 e. The molecule has 1 saturated heterocycles. The summed E-state index contributed by atoms with van der Waals surface area (Å²) in [5.41, 5.74) is 0.393. The highest BCUT2D eigenvalue weighted by molar-refractivity contribution is 5.80. The summed E-state index contributed by atoms with van der Waals surface area (Å²) >= 11 is 0. The van der Waals surface area contributed by atoms with Gasteiger partial charge in [0.15, 0.2) is 0 Å². The van der Waals surface area contributed by atoms with Crippen LogP contribution in [0, 0.1) is 6.92 Å². The Hall–Kier alpha value is -1.69. The molecule has 1 N–H and O–H groups in total. The molecule has 110 valence electrons. The Morgan fingerprint density at radius 2 is 2.25 bits per heavy atom. The summed E-state index contributed by atoms with van der Waals surface area (Å²) in [7, 11) is 0. The number of carbonyl (C=O) groups excluding carboxylic acids is 1. The third-order valence-electron chi connectivity index (χ3n) is 2.96. The zero-order valence-electron chi connectivity index (χ0n) is 12.5. The van der Waals surface area contributed by atoms with Crippen molar-refractivity contribution in [3.63, 3.8) is 0 Å². The summed E-state index contributed by atoms with van der Waals surface area (Å²) in [6, 6.07) is 1.46. The lowest BCUT2D eigenvalue weighted by atomic mass is 10.1. The van der Waals surface area contributed by atoms with E-state index in [0.29, 0.717) is 19.0 Å². The lowest BCUT2D eigenvalue weighted by Crippen LogP contribution is -2.57. The molecule has 0 amide bonds. The highest BCUT2D eigenvalue weighted by Crippen LogP contribution is 2.17. The van der Waals surface area contributed by atoms with Crippen molar-refractivity contribution in [3.05, 3.63) is 18.0 Å². The van der Waals surface area contributed by atoms with E-state index in [2.05, 4.69) is 15.3 Å². The minimum atomic E-state index is -0.492. The summed E-state index contributed by atoms with van der Waals surface area (Å²) in [4.78, 5) is 22.9. The van der Waals surface area contributed by atoms with Crippen LogP contribution in [0.15, 0.2) is 12.3 Å². The van der Waals surface area contributed by atoms with Gasteiger partial charge in [0, 0.05) is 31.5 Å². The number of piperazine rings is 1. The number of nitrogens with one attached hydrogen (secondary N) is 1. The number of hydrogen-bond acceptors (Lipinski definition) is 6. The van der Waals surface area contributed by atoms with E-state index in [9.17, 15) is 4.79 Å². The van der Waals surface area contributed by atoms with Gasteiger partial charge < -0.3 is 15.0 Å². The number of anilines is 1. The Morgan fingerprint density at radius 1 is 1.50 bits per heavy atom. The molecule has 1 atom stereocenters. The van der Waals surface area contributed by atoms with E-state index in [1.165, 1.54) is 0 Å². The summed E-state index contributed by atoms with van der Waals surface area (Å²) in [5, 5.41) is 3.22. The zero-order chi connectivity index (χ0) is 14.8. The van der Waals surface area contributed by atoms with Crippen LogP contribution in [0.3, 0.4) is 0 Å². The lowest BCUT2D eigenvalue weighted by molar-refractivity contribution is -0.156. The molecule has 0 aromatic carbocycles. The lowest BCUT2D eigenvalue weighted by Gasteiger charge is -2.36. The molecule has 20 heavy (non-hydrogen) atoms. The van der Waals surface area contributed by atoms with Gasteiger partial charge >= 0.3 is 5.97 Å². The second-order valence-electron chi connectivity index (χ2n) is 5.94. The molecule has 6 heteroatoms. The van der Waals surface area contributed by atoms with E-state index in [1.807, 2.05) is 38.7 Å². The largest absolute Gasteiger partial charge is 0.458 e. The van der Waals surface area contributed by atoms with Gasteiger partial charge in [0.05, 0.1) is 0 Å². The topological polar surface area (TPSA) is 67.4 Å². The van der Waals surface area contributed by atoms with Crippen molar-refractivity contribution in [2.24, 2.45) is 0 Å². The number of nitrogens with zero attached hydrogens (tertiary/aromatic N) is 3. The van der Waals surface area contributed by atoms with E-state index in [-0.39, 0.29) is 12.0 Å². The molecule has 1 aromatic heterocycles. The zero-order valence-corrected chi connectivity index (χ0v) is 12.5. The number of carbonyl (C=O) groups is 1. The van der Waals surface area contributed by atoms with Gasteiger partial charge in [0.2, 0.25) is 5.95 Å². The molecule has 0 spiro atoms. The third kappa shape index (κ3) is 3.66. The smallest absolute Gasteiger partial charge is 0.330 e. The fourth-order valence-electron chi connectivity index (χ4n) is 2.10. The molecule has 2 heterocycles. The van der Waals surface area contributed by atoms with Crippen molar-refractivity contribution in [3.8, 4) is 0 Å². The van der Waals surface area contributed by atoms with Crippen LogP contribution in [0.1, 0.15) is 26.5 Å². The van der Waals surface area contributed by atoms with Crippen molar-refractivity contribution in [2.45, 2.75) is 39.3 Å². The van der Waals surface area contributed by atoms with Crippen molar-refractivity contribution >= 4 is 11.9 Å². The maximum absolute atomic E-state index is 12.3. The Labute approximate surface area is 119 Å². The van der Waals surface area contributed by atoms with Crippen molar-refractivity contribution in [1.29, 1.82) is 0 Å². The fourth-order valence-corrected chi connectivity index (χ4v) is 2.10. The van der Waals surface area contributed by atoms with Crippen LogP contribution in [0.25, 0.3) is 0 Å². The third-order valence-corrected chi connectivity index (χ3v) is 2.96. The quantitative estimate of drug-likeness (QED) is 0.811. The van der Waals surface area contributed by atoms with Crippen LogP contribution in [0.4, 0.5) is 5.95 Å². The average molecular weight is 278 g/mol. The molecular formula is C14H22N4O2. The molecule has 1 aliphatic rings. The van der Waals surface area contributed by atoms with E-state index >= 15 is 0 Å². The first-order valence-corrected chi connectivity index (χ1v) is 6.87. The first-order chi connectivity index (χ1) is 9.37. The van der Waals surface area contributed by atoms with Gasteiger partial charge in [-0.25, -0.2) is 14.8 Å². The molecule has 0 saturated carbocycles. The molecular weight excluding hydrogens is 256 g/mol. The van der Waals surface area contributed by atoms with Gasteiger partial charge in [-0.15, -0.1) is 0 Å². The molecule has 0 radical (unpaired) electrons. The summed E-state index contributed by atoms with van der Waals surface area (Å²) < 4.78 is 5.48. The van der Waals surface area contributed by atoms with E-state index < -0.39 is 5.60 Å². The molecule has 1 aliphatic heterocycles. The molecule has 1 unspecified atom stereocenters. The predicted molar refractivity (Wildman–Crippen MR) is 76.6 cm³/mol. The van der Waals surface area contributed by atoms with E-state index in [0.717, 1.165) is 12.2 Å². The summed E-state index contributed by atoms with van der Waals surface area (Å²) in [6.07, 6.45) is 1.71.